The van der Waals surface area contributed by atoms with E-state index in [0.717, 1.165) is 10.9 Å². The van der Waals surface area contributed by atoms with Crippen LogP contribution in [-0.2, 0) is 16.1 Å². The first-order valence-electron chi connectivity index (χ1n) is 9.62. The second-order valence-corrected chi connectivity index (χ2v) is 7.86. The normalized spacial score (nSPS) is 11.9. The molecule has 0 bridgehead atoms. The molecule has 5 N–H and O–H groups in total. The van der Waals surface area contributed by atoms with Gasteiger partial charge in [-0.25, -0.2) is 4.98 Å². The highest BCUT2D eigenvalue weighted by molar-refractivity contribution is 6.37. The number of nitrogens with one attached hydrogen (secondary N) is 1. The molecule has 0 unspecified atom stereocenters. The Morgan fingerprint density at radius 2 is 1.88 bits per heavy atom. The van der Waals surface area contributed by atoms with E-state index in [-0.39, 0.29) is 40.3 Å². The molecule has 12 heteroatoms. The molecular formula is C21H22Cl2N6O4. The number of hydrogen-bond donors (Lipinski definition) is 3. The molecule has 2 aromatic heterocycles. The summed E-state index contributed by atoms with van der Waals surface area (Å²) in [6.45, 7) is 0.549. The van der Waals surface area contributed by atoms with Crippen molar-refractivity contribution in [2.24, 2.45) is 5.73 Å². The average molecular weight is 493 g/mol. The predicted molar refractivity (Wildman–Crippen MR) is 126 cm³/mol. The second kappa shape index (κ2) is 10.7. The molecule has 0 aliphatic carbocycles. The zero-order chi connectivity index (χ0) is 24.1. The minimum absolute atomic E-state index is 0.166. The quantitative estimate of drug-likeness (QED) is 0.434. The molecule has 174 valence electrons. The average Bonchev–Trinajstić information content (AvgIpc) is 2.75. The van der Waals surface area contributed by atoms with Gasteiger partial charge in [0.1, 0.15) is 17.7 Å². The van der Waals surface area contributed by atoms with Gasteiger partial charge in [-0.2, -0.15) is 0 Å². The first-order chi connectivity index (χ1) is 15.8. The third-order valence-corrected chi connectivity index (χ3v) is 5.22. The van der Waals surface area contributed by atoms with Gasteiger partial charge >= 0.3 is 0 Å². The van der Waals surface area contributed by atoms with Crippen molar-refractivity contribution < 1.29 is 14.3 Å². The number of halogens is 2. The number of aromatic nitrogens is 3. The fraction of sp³-hybridized carbons (Fsp3) is 0.238. The number of benzene rings is 1. The highest BCUT2D eigenvalue weighted by atomic mass is 35.5. The number of rotatable bonds is 8. The van der Waals surface area contributed by atoms with E-state index in [1.807, 2.05) is 0 Å². The van der Waals surface area contributed by atoms with Crippen LogP contribution in [0.3, 0.4) is 0 Å². The fourth-order valence-corrected chi connectivity index (χ4v) is 3.85. The molecule has 1 atom stereocenters. The van der Waals surface area contributed by atoms with Gasteiger partial charge in [0, 0.05) is 20.4 Å². The van der Waals surface area contributed by atoms with Gasteiger partial charge in [0.15, 0.2) is 0 Å². The molecule has 10 nitrogen and oxygen atoms in total. The number of amides is 1. The van der Waals surface area contributed by atoms with Crippen molar-refractivity contribution in [1.29, 1.82) is 0 Å². The molecule has 1 amide bonds. The van der Waals surface area contributed by atoms with Gasteiger partial charge in [-0.05, 0) is 29.3 Å². The highest BCUT2D eigenvalue weighted by Gasteiger charge is 2.21. The Hall–Kier alpha value is -3.02. The molecule has 3 aromatic rings. The molecular weight excluding hydrogens is 471 g/mol. The van der Waals surface area contributed by atoms with E-state index in [2.05, 4.69) is 15.3 Å². The van der Waals surface area contributed by atoms with E-state index in [4.69, 9.17) is 44.1 Å². The lowest BCUT2D eigenvalue weighted by Gasteiger charge is -2.14. The Morgan fingerprint density at radius 3 is 2.52 bits per heavy atom. The number of ether oxygens (including phenoxy) is 2. The number of nitrogens with zero attached hydrogens (tertiary/aromatic N) is 3. The van der Waals surface area contributed by atoms with Crippen molar-refractivity contribution in [1.82, 2.24) is 14.5 Å². The zero-order valence-electron chi connectivity index (χ0n) is 17.8. The van der Waals surface area contributed by atoms with Gasteiger partial charge in [-0.15, -0.1) is 0 Å². The van der Waals surface area contributed by atoms with E-state index in [9.17, 15) is 9.59 Å². The SMILES string of the molecule is COCc1cc(Cl)c(-n2cnc(N)c(C(=O)Nc3cncc([C@@H](N)COC)c3)c2=O)c(Cl)c1. The molecule has 0 saturated carbocycles. The molecule has 0 saturated heterocycles. The topological polar surface area (TPSA) is 147 Å². The van der Waals surface area contributed by atoms with Gasteiger partial charge in [0.2, 0.25) is 0 Å². The van der Waals surface area contributed by atoms with Crippen molar-refractivity contribution in [2.45, 2.75) is 12.6 Å². The zero-order valence-corrected chi connectivity index (χ0v) is 19.4. The van der Waals surface area contributed by atoms with Crippen molar-refractivity contribution in [3.8, 4) is 5.69 Å². The molecule has 3 rings (SSSR count). The molecule has 1 aromatic carbocycles. The van der Waals surface area contributed by atoms with E-state index in [1.54, 1.807) is 24.4 Å². The second-order valence-electron chi connectivity index (χ2n) is 7.04. The number of nitrogens with two attached hydrogens (primary N) is 2. The van der Waals surface area contributed by atoms with Crippen LogP contribution in [0.1, 0.15) is 27.5 Å². The standard InChI is InChI=1S/C21H22Cl2N6O4/c1-32-8-11-3-14(22)18(15(23)4-11)29-10-27-19(25)17(21(29)31)20(30)28-13-5-12(6-26-7-13)16(24)9-33-2/h3-7,10,16H,8-9,24-25H2,1-2H3,(H,28,30)/t16-/m0/s1. The molecule has 0 aliphatic rings. The van der Waals surface area contributed by atoms with Crippen LogP contribution in [0.25, 0.3) is 5.69 Å². The number of carbonyl (C=O) groups is 1. The lowest BCUT2D eigenvalue weighted by Crippen LogP contribution is -2.31. The molecule has 0 spiro atoms. The summed E-state index contributed by atoms with van der Waals surface area (Å²) in [4.78, 5) is 34.2. The van der Waals surface area contributed by atoms with Crippen LogP contribution >= 0.6 is 23.2 Å². The van der Waals surface area contributed by atoms with Crippen LogP contribution in [0.2, 0.25) is 10.0 Å². The Labute approximate surface area is 199 Å². The predicted octanol–water partition coefficient (Wildman–Crippen LogP) is 2.56. The Morgan fingerprint density at radius 1 is 1.18 bits per heavy atom. The molecule has 0 aliphatic heterocycles. The molecule has 33 heavy (non-hydrogen) atoms. The van der Waals surface area contributed by atoms with Gasteiger partial charge in [-0.1, -0.05) is 23.2 Å². The van der Waals surface area contributed by atoms with Gasteiger partial charge in [0.25, 0.3) is 11.5 Å². The summed E-state index contributed by atoms with van der Waals surface area (Å²) in [5, 5.41) is 2.96. The number of methoxy groups -OCH3 is 2. The Balaban J connectivity index is 1.98. The number of anilines is 2. The summed E-state index contributed by atoms with van der Waals surface area (Å²) in [7, 11) is 3.06. The Kier molecular flexibility index (Phi) is 8.01. The number of nitrogen functional groups attached to an aromatic ring is 1. The maximum Gasteiger partial charge on any atom is 0.273 e. The van der Waals surface area contributed by atoms with Crippen LogP contribution in [0.15, 0.2) is 41.7 Å². The third-order valence-electron chi connectivity index (χ3n) is 4.65. The van der Waals surface area contributed by atoms with Gasteiger partial charge in [0.05, 0.1) is 46.9 Å². The highest BCUT2D eigenvalue weighted by Crippen LogP contribution is 2.30. The molecule has 0 fully saturated rings. The Bertz CT molecular complexity index is 1210. The van der Waals surface area contributed by atoms with E-state index in [1.165, 1.54) is 20.4 Å². The summed E-state index contributed by atoms with van der Waals surface area (Å²) >= 11 is 12.7. The van der Waals surface area contributed by atoms with E-state index < -0.39 is 17.5 Å². The summed E-state index contributed by atoms with van der Waals surface area (Å²) in [6, 6.07) is 4.40. The van der Waals surface area contributed by atoms with Crippen molar-refractivity contribution >= 4 is 40.6 Å². The summed E-state index contributed by atoms with van der Waals surface area (Å²) in [5.41, 5.74) is 12.6. The first-order valence-corrected chi connectivity index (χ1v) is 10.4. The van der Waals surface area contributed by atoms with Crippen LogP contribution in [0, 0.1) is 0 Å². The largest absolute Gasteiger partial charge is 0.383 e. The van der Waals surface area contributed by atoms with Crippen LogP contribution in [0.4, 0.5) is 11.5 Å². The first kappa shape index (κ1) is 24.6. The van der Waals surface area contributed by atoms with Crippen molar-refractivity contribution in [2.75, 3.05) is 31.9 Å². The van der Waals surface area contributed by atoms with Gasteiger partial charge < -0.3 is 26.3 Å². The fourth-order valence-electron chi connectivity index (χ4n) is 3.14. The van der Waals surface area contributed by atoms with Crippen molar-refractivity contribution in [3.63, 3.8) is 0 Å². The van der Waals surface area contributed by atoms with Gasteiger partial charge in [-0.3, -0.25) is 19.1 Å². The third kappa shape index (κ3) is 5.49. The minimum atomic E-state index is -0.776. The lowest BCUT2D eigenvalue weighted by atomic mass is 10.1. The summed E-state index contributed by atoms with van der Waals surface area (Å²) in [5.74, 6) is -1.03. The minimum Gasteiger partial charge on any atom is -0.383 e. The smallest absolute Gasteiger partial charge is 0.273 e. The van der Waals surface area contributed by atoms with Crippen LogP contribution < -0.4 is 22.3 Å². The van der Waals surface area contributed by atoms with E-state index >= 15 is 0 Å². The van der Waals surface area contributed by atoms with E-state index in [0.29, 0.717) is 16.8 Å². The van der Waals surface area contributed by atoms with Crippen LogP contribution in [-0.4, -0.2) is 41.3 Å². The maximum atomic E-state index is 13.2. The lowest BCUT2D eigenvalue weighted by molar-refractivity contribution is 0.102. The maximum absolute atomic E-state index is 13.2. The molecule has 0 radical (unpaired) electrons. The van der Waals surface area contributed by atoms with Crippen LogP contribution in [0.5, 0.6) is 0 Å². The number of carbonyl (C=O) groups excluding carboxylic acids is 1. The number of pyridine rings is 1. The molecule has 2 heterocycles. The summed E-state index contributed by atoms with van der Waals surface area (Å²) < 4.78 is 11.2. The monoisotopic (exact) mass is 492 g/mol. The summed E-state index contributed by atoms with van der Waals surface area (Å²) in [6.07, 6.45) is 4.12. The number of hydrogen-bond acceptors (Lipinski definition) is 8. The van der Waals surface area contributed by atoms with Crippen molar-refractivity contribution in [3.05, 3.63) is 74.0 Å².